The summed E-state index contributed by atoms with van der Waals surface area (Å²) in [5.41, 5.74) is 4.51. The number of benzene rings is 3. The number of fused-ring (bicyclic) bond motifs is 1. The molecule has 230 valence electrons. The molecule has 0 fully saturated rings. The summed E-state index contributed by atoms with van der Waals surface area (Å²) in [5, 5.41) is 16.7. The minimum atomic E-state index is -0.997. The van der Waals surface area contributed by atoms with Crippen LogP contribution in [0.2, 0.25) is 0 Å². The number of unbranched alkanes of at least 4 members (excludes halogenated alkanes) is 1. The van der Waals surface area contributed by atoms with Gasteiger partial charge in [-0.25, -0.2) is 4.79 Å². The van der Waals surface area contributed by atoms with Gasteiger partial charge in [0.15, 0.2) is 0 Å². The summed E-state index contributed by atoms with van der Waals surface area (Å²) < 4.78 is 0. The average molecular weight is 599 g/mol. The number of rotatable bonds is 11. The second kappa shape index (κ2) is 13.5. The van der Waals surface area contributed by atoms with Crippen LogP contribution in [0, 0.1) is 0 Å². The Morgan fingerprint density at radius 3 is 2.20 bits per heavy atom. The number of amides is 5. The van der Waals surface area contributed by atoms with Gasteiger partial charge in [0.2, 0.25) is 0 Å². The molecule has 5 amide bonds. The van der Waals surface area contributed by atoms with Crippen molar-refractivity contribution in [1.82, 2.24) is 10.6 Å². The number of nitrogens with one attached hydrogen (secondary N) is 3. The van der Waals surface area contributed by atoms with Crippen LogP contribution >= 0.6 is 0 Å². The monoisotopic (exact) mass is 598 g/mol. The van der Waals surface area contributed by atoms with Crippen LogP contribution in [0.1, 0.15) is 94.7 Å². The molecule has 1 aliphatic rings. The fourth-order valence-electron chi connectivity index (χ4n) is 4.99. The van der Waals surface area contributed by atoms with Gasteiger partial charge >= 0.3 is 12.0 Å². The molecule has 4 N–H and O–H groups in total. The van der Waals surface area contributed by atoms with E-state index in [0.717, 1.165) is 24.0 Å². The molecule has 3 aromatic rings. The van der Waals surface area contributed by atoms with Gasteiger partial charge < -0.3 is 15.7 Å². The predicted molar refractivity (Wildman–Crippen MR) is 168 cm³/mol. The Bertz CT molecular complexity index is 1570. The molecule has 0 saturated carbocycles. The number of imide groups is 1. The lowest BCUT2D eigenvalue weighted by atomic mass is 9.87. The number of nitrogens with zero attached hydrogens (tertiary/aromatic N) is 1. The normalized spacial score (nSPS) is 12.4. The van der Waals surface area contributed by atoms with Crippen molar-refractivity contribution in [3.05, 3.63) is 94.0 Å². The van der Waals surface area contributed by atoms with Gasteiger partial charge in [-0.15, -0.1) is 0 Å². The Balaban J connectivity index is 1.63. The van der Waals surface area contributed by atoms with E-state index in [9.17, 15) is 24.0 Å². The molecule has 1 heterocycles. The summed E-state index contributed by atoms with van der Waals surface area (Å²) >= 11 is 0. The smallest absolute Gasteiger partial charge is 0.326 e. The number of carboxylic acids is 1. The minimum Gasteiger partial charge on any atom is -0.481 e. The Hall–Kier alpha value is -4.99. The standard InChI is InChI=1S/C34H38N4O6/c1-5-6-7-25-27(17-16-26-29(25)32(43)37-31(26)42)36-33(44)38(24-14-12-23(13-15-24)34(2,3)4)20-21-8-10-22(11-9-21)30(41)35-19-18-28(39)40/h8-17H,5-7,18-20H2,1-4H3,(H,35,41)(H,36,44)(H,39,40)(H,37,42,43). The van der Waals surface area contributed by atoms with E-state index in [1.54, 1.807) is 41.3 Å². The Kier molecular flexibility index (Phi) is 9.83. The zero-order valence-electron chi connectivity index (χ0n) is 25.5. The maximum Gasteiger partial charge on any atom is 0.326 e. The van der Waals surface area contributed by atoms with Crippen molar-refractivity contribution in [3.8, 4) is 0 Å². The first-order valence-corrected chi connectivity index (χ1v) is 14.7. The van der Waals surface area contributed by atoms with Crippen molar-refractivity contribution in [2.45, 2.75) is 65.3 Å². The fourth-order valence-corrected chi connectivity index (χ4v) is 4.99. The summed E-state index contributed by atoms with van der Waals surface area (Å²) in [4.78, 5) is 63.6. The summed E-state index contributed by atoms with van der Waals surface area (Å²) in [5.74, 6) is -2.29. The van der Waals surface area contributed by atoms with Crippen LogP contribution in [0.15, 0.2) is 60.7 Å². The molecule has 0 saturated heterocycles. The van der Waals surface area contributed by atoms with Crippen molar-refractivity contribution in [2.75, 3.05) is 16.8 Å². The second-order valence-electron chi connectivity index (χ2n) is 11.8. The van der Waals surface area contributed by atoms with Crippen LogP contribution in [-0.2, 0) is 23.2 Å². The van der Waals surface area contributed by atoms with Crippen molar-refractivity contribution < 1.29 is 29.1 Å². The van der Waals surface area contributed by atoms with E-state index in [0.29, 0.717) is 40.0 Å². The number of urea groups is 1. The van der Waals surface area contributed by atoms with Crippen LogP contribution < -0.4 is 20.9 Å². The number of hydrogen-bond acceptors (Lipinski definition) is 5. The number of carboxylic acid groups (broad SMARTS) is 1. The first-order chi connectivity index (χ1) is 20.9. The molecule has 0 aliphatic carbocycles. The van der Waals surface area contributed by atoms with E-state index < -0.39 is 23.8 Å². The van der Waals surface area contributed by atoms with E-state index in [1.807, 2.05) is 31.2 Å². The maximum atomic E-state index is 14.0. The molecule has 44 heavy (non-hydrogen) atoms. The highest BCUT2D eigenvalue weighted by Gasteiger charge is 2.31. The molecular weight excluding hydrogens is 560 g/mol. The van der Waals surface area contributed by atoms with E-state index in [2.05, 4.69) is 36.7 Å². The number of anilines is 2. The third-order valence-corrected chi connectivity index (χ3v) is 7.50. The van der Waals surface area contributed by atoms with Crippen molar-refractivity contribution >= 4 is 41.1 Å². The van der Waals surface area contributed by atoms with Crippen LogP contribution in [0.25, 0.3) is 0 Å². The Morgan fingerprint density at radius 1 is 0.909 bits per heavy atom. The Labute approximate surface area is 256 Å². The summed E-state index contributed by atoms with van der Waals surface area (Å²) in [6, 6.07) is 17.3. The van der Waals surface area contributed by atoms with Gasteiger partial charge in [-0.2, -0.15) is 0 Å². The first kappa shape index (κ1) is 31.9. The van der Waals surface area contributed by atoms with Crippen LogP contribution in [0.4, 0.5) is 16.2 Å². The van der Waals surface area contributed by atoms with Crippen molar-refractivity contribution in [3.63, 3.8) is 0 Å². The zero-order valence-corrected chi connectivity index (χ0v) is 25.5. The summed E-state index contributed by atoms with van der Waals surface area (Å²) in [6.07, 6.45) is 1.99. The number of carbonyl (C=O) groups excluding carboxylic acids is 4. The average Bonchev–Trinajstić information content (AvgIpc) is 3.27. The molecule has 10 nitrogen and oxygen atoms in total. The SMILES string of the molecule is CCCCc1c(NC(=O)N(Cc2ccc(C(=O)NCCC(=O)O)cc2)c2ccc(C(C)(C)C)cc2)ccc2c1C(=O)NC2=O. The number of carbonyl (C=O) groups is 5. The predicted octanol–water partition coefficient (Wildman–Crippen LogP) is 5.65. The fraction of sp³-hybridized carbons (Fsp3) is 0.324. The molecule has 3 aromatic carbocycles. The molecular formula is C34H38N4O6. The molecule has 0 radical (unpaired) electrons. The van der Waals surface area contributed by atoms with Gasteiger partial charge in [0.1, 0.15) is 0 Å². The first-order valence-electron chi connectivity index (χ1n) is 14.7. The van der Waals surface area contributed by atoms with Gasteiger partial charge in [-0.3, -0.25) is 29.4 Å². The van der Waals surface area contributed by atoms with E-state index in [-0.39, 0.29) is 30.8 Å². The zero-order chi connectivity index (χ0) is 32.0. The third-order valence-electron chi connectivity index (χ3n) is 7.50. The van der Waals surface area contributed by atoms with Crippen LogP contribution in [0.5, 0.6) is 0 Å². The van der Waals surface area contributed by atoms with Crippen molar-refractivity contribution in [2.24, 2.45) is 0 Å². The maximum absolute atomic E-state index is 14.0. The van der Waals surface area contributed by atoms with Gasteiger partial charge in [0, 0.05) is 23.5 Å². The van der Waals surface area contributed by atoms with Gasteiger partial charge in [-0.1, -0.05) is 58.4 Å². The summed E-state index contributed by atoms with van der Waals surface area (Å²) in [6.45, 7) is 8.55. The van der Waals surface area contributed by atoms with Crippen LogP contribution in [0.3, 0.4) is 0 Å². The molecule has 0 unspecified atom stereocenters. The number of hydrogen-bond donors (Lipinski definition) is 4. The number of aliphatic carboxylic acids is 1. The molecule has 0 spiro atoms. The molecule has 4 rings (SSSR count). The highest BCUT2D eigenvalue weighted by atomic mass is 16.4. The Morgan fingerprint density at radius 2 is 1.59 bits per heavy atom. The van der Waals surface area contributed by atoms with Gasteiger partial charge in [0.05, 0.1) is 24.1 Å². The topological polar surface area (TPSA) is 145 Å². The minimum absolute atomic E-state index is 0.0210. The molecule has 10 heteroatoms. The molecule has 0 bridgehead atoms. The molecule has 1 aliphatic heterocycles. The largest absolute Gasteiger partial charge is 0.481 e. The van der Waals surface area contributed by atoms with Crippen molar-refractivity contribution in [1.29, 1.82) is 0 Å². The van der Waals surface area contributed by atoms with Crippen LogP contribution in [-0.4, -0.2) is 41.4 Å². The summed E-state index contributed by atoms with van der Waals surface area (Å²) in [7, 11) is 0. The highest BCUT2D eigenvalue weighted by molar-refractivity contribution is 6.23. The van der Waals surface area contributed by atoms with Gasteiger partial charge in [-0.05, 0) is 71.3 Å². The lowest BCUT2D eigenvalue weighted by Gasteiger charge is -2.26. The van der Waals surface area contributed by atoms with Gasteiger partial charge in [0.25, 0.3) is 17.7 Å². The molecule has 0 aromatic heterocycles. The lowest BCUT2D eigenvalue weighted by Crippen LogP contribution is -2.35. The highest BCUT2D eigenvalue weighted by Crippen LogP contribution is 2.31. The lowest BCUT2D eigenvalue weighted by molar-refractivity contribution is -0.136. The quantitative estimate of drug-likeness (QED) is 0.210. The second-order valence-corrected chi connectivity index (χ2v) is 11.8. The van der Waals surface area contributed by atoms with E-state index in [1.165, 1.54) is 0 Å². The molecule has 0 atom stereocenters. The third kappa shape index (κ3) is 7.50. The van der Waals surface area contributed by atoms with E-state index >= 15 is 0 Å². The van der Waals surface area contributed by atoms with E-state index in [4.69, 9.17) is 5.11 Å².